The highest BCUT2D eigenvalue weighted by molar-refractivity contribution is 8.01. The number of Topliss-reactive ketones (excluding diaryl/α,β-unsaturated/α-hetero) is 1. The van der Waals surface area contributed by atoms with Gasteiger partial charge in [0.1, 0.15) is 0 Å². The van der Waals surface area contributed by atoms with Crippen molar-refractivity contribution in [3.05, 3.63) is 69.4 Å². The van der Waals surface area contributed by atoms with Crippen molar-refractivity contribution in [1.29, 1.82) is 0 Å². The Kier molecular flexibility index (Phi) is 6.87. The van der Waals surface area contributed by atoms with Crippen LogP contribution in [0.4, 0.5) is 5.69 Å². The van der Waals surface area contributed by atoms with Gasteiger partial charge in [-0.15, -0.1) is 23.1 Å². The van der Waals surface area contributed by atoms with Crippen molar-refractivity contribution in [2.45, 2.75) is 64.0 Å². The van der Waals surface area contributed by atoms with Gasteiger partial charge in [-0.2, -0.15) is 0 Å². The van der Waals surface area contributed by atoms with Crippen molar-refractivity contribution in [2.75, 3.05) is 11.1 Å². The Bertz CT molecular complexity index is 1140. The van der Waals surface area contributed by atoms with Crippen molar-refractivity contribution < 1.29 is 9.59 Å². The van der Waals surface area contributed by atoms with E-state index in [1.165, 1.54) is 9.09 Å². The third kappa shape index (κ3) is 4.82. The number of hydrogen-bond acceptors (Lipinski definition) is 5. The van der Waals surface area contributed by atoms with Gasteiger partial charge in [-0.25, -0.2) is 0 Å². The number of anilines is 1. The second kappa shape index (κ2) is 9.51. The number of aryl methyl sites for hydroxylation is 1. The van der Waals surface area contributed by atoms with Gasteiger partial charge in [0.2, 0.25) is 0 Å². The molecule has 6 heteroatoms. The van der Waals surface area contributed by atoms with E-state index in [-0.39, 0.29) is 23.0 Å². The first kappa shape index (κ1) is 23.8. The zero-order valence-electron chi connectivity index (χ0n) is 20.0. The smallest absolute Gasteiger partial charge is 0.254 e. The number of carbonyl (C=O) groups is 2. The predicted molar refractivity (Wildman–Crippen MR) is 139 cm³/mol. The predicted octanol–water partition coefficient (Wildman–Crippen LogP) is 6.67. The van der Waals surface area contributed by atoms with Crippen LogP contribution < -0.4 is 10.6 Å². The van der Waals surface area contributed by atoms with E-state index in [4.69, 9.17) is 0 Å². The SMILES string of the molecule is CCSc1sc(CC)cc1C1C(C(=O)Nc2ccccc2)=C(C)NC2=C1C(=O)CC(C)(C)C2. The third-order valence-corrected chi connectivity index (χ3v) is 8.71. The molecular weight excluding hydrogens is 448 g/mol. The van der Waals surface area contributed by atoms with E-state index in [1.807, 2.05) is 37.3 Å². The Morgan fingerprint density at radius 3 is 2.61 bits per heavy atom. The van der Waals surface area contributed by atoms with Crippen molar-refractivity contribution in [3.8, 4) is 0 Å². The summed E-state index contributed by atoms with van der Waals surface area (Å²) in [7, 11) is 0. The van der Waals surface area contributed by atoms with Gasteiger partial charge in [-0.05, 0) is 54.7 Å². The van der Waals surface area contributed by atoms with E-state index in [0.717, 1.165) is 46.8 Å². The number of benzene rings is 1. The fourth-order valence-electron chi connectivity index (χ4n) is 4.83. The van der Waals surface area contributed by atoms with Crippen LogP contribution in [0.3, 0.4) is 0 Å². The summed E-state index contributed by atoms with van der Waals surface area (Å²) in [6.07, 6.45) is 2.24. The lowest BCUT2D eigenvalue weighted by Crippen LogP contribution is -2.39. The zero-order chi connectivity index (χ0) is 23.8. The number of nitrogens with one attached hydrogen (secondary N) is 2. The van der Waals surface area contributed by atoms with Crippen LogP contribution in [0.2, 0.25) is 0 Å². The average Bonchev–Trinajstić information content (AvgIpc) is 3.15. The molecule has 1 atom stereocenters. The molecule has 2 heterocycles. The molecule has 33 heavy (non-hydrogen) atoms. The molecule has 2 aromatic rings. The van der Waals surface area contributed by atoms with Crippen LogP contribution in [-0.2, 0) is 16.0 Å². The number of ketones is 1. The van der Waals surface area contributed by atoms with E-state index >= 15 is 0 Å². The van der Waals surface area contributed by atoms with Crippen LogP contribution in [0.1, 0.15) is 63.8 Å². The highest BCUT2D eigenvalue weighted by Crippen LogP contribution is 2.50. The minimum Gasteiger partial charge on any atom is -0.362 e. The molecule has 174 valence electrons. The molecule has 1 aliphatic heterocycles. The molecule has 0 radical (unpaired) electrons. The fraction of sp³-hybridized carbons (Fsp3) is 0.407. The van der Waals surface area contributed by atoms with Crippen molar-refractivity contribution in [1.82, 2.24) is 5.32 Å². The van der Waals surface area contributed by atoms with Crippen LogP contribution in [0.25, 0.3) is 0 Å². The number of thiophene rings is 1. The second-order valence-electron chi connectivity index (χ2n) is 9.49. The van der Waals surface area contributed by atoms with E-state index < -0.39 is 0 Å². The topological polar surface area (TPSA) is 58.2 Å². The Morgan fingerprint density at radius 2 is 1.94 bits per heavy atom. The maximum absolute atomic E-state index is 13.7. The van der Waals surface area contributed by atoms with Crippen LogP contribution in [0.5, 0.6) is 0 Å². The van der Waals surface area contributed by atoms with Crippen LogP contribution in [-0.4, -0.2) is 17.4 Å². The van der Waals surface area contributed by atoms with E-state index in [0.29, 0.717) is 12.0 Å². The molecule has 1 amide bonds. The number of allylic oxidation sites excluding steroid dienone is 3. The van der Waals surface area contributed by atoms with E-state index in [2.05, 4.69) is 44.4 Å². The van der Waals surface area contributed by atoms with Gasteiger partial charge < -0.3 is 10.6 Å². The van der Waals surface area contributed by atoms with E-state index in [1.54, 1.807) is 23.1 Å². The lowest BCUT2D eigenvalue weighted by Gasteiger charge is -2.39. The first-order valence-electron chi connectivity index (χ1n) is 11.6. The summed E-state index contributed by atoms with van der Waals surface area (Å²) in [6, 6.07) is 11.7. The normalized spacial score (nSPS) is 19.9. The van der Waals surface area contributed by atoms with Gasteiger partial charge in [-0.3, -0.25) is 9.59 Å². The van der Waals surface area contributed by atoms with Crippen LogP contribution in [0, 0.1) is 5.41 Å². The molecule has 0 fully saturated rings. The van der Waals surface area contributed by atoms with Crippen molar-refractivity contribution in [3.63, 3.8) is 0 Å². The number of hydrogen-bond donors (Lipinski definition) is 2. The maximum atomic E-state index is 13.7. The molecule has 0 saturated carbocycles. The Balaban J connectivity index is 1.86. The van der Waals surface area contributed by atoms with Crippen LogP contribution in [0.15, 0.2) is 63.1 Å². The molecule has 1 aliphatic carbocycles. The number of thioether (sulfide) groups is 1. The summed E-state index contributed by atoms with van der Waals surface area (Å²) < 4.78 is 1.21. The quantitative estimate of drug-likeness (QED) is 0.454. The minimum atomic E-state index is -0.348. The number of dihydropyridines is 1. The molecule has 1 aromatic heterocycles. The standard InChI is InChI=1S/C27H32N2O2S2/c1-6-18-13-19(26(33-18)32-7-2)23-22(25(31)29-17-11-9-8-10-12-17)16(3)28-20-14-27(4,5)15-21(30)24(20)23/h8-13,23,28H,6-7,14-15H2,1-5H3,(H,29,31). The lowest BCUT2D eigenvalue weighted by atomic mass is 9.69. The molecule has 2 aliphatic rings. The molecule has 0 bridgehead atoms. The van der Waals surface area contributed by atoms with Gasteiger partial charge in [0.25, 0.3) is 5.91 Å². The highest BCUT2D eigenvalue weighted by atomic mass is 32.2. The Labute approximate surface area is 204 Å². The van der Waals surface area contributed by atoms with Gasteiger partial charge in [0, 0.05) is 45.4 Å². The van der Waals surface area contributed by atoms with E-state index in [9.17, 15) is 9.59 Å². The maximum Gasteiger partial charge on any atom is 0.254 e. The second-order valence-corrected chi connectivity index (χ2v) is 12.2. The fourth-order valence-corrected chi connectivity index (χ4v) is 7.21. The number of amides is 1. The highest BCUT2D eigenvalue weighted by Gasteiger charge is 2.43. The number of para-hydroxylation sites is 1. The van der Waals surface area contributed by atoms with Gasteiger partial charge in [0.15, 0.2) is 5.78 Å². The molecule has 1 unspecified atom stereocenters. The van der Waals surface area contributed by atoms with Crippen molar-refractivity contribution in [2.24, 2.45) is 5.41 Å². The summed E-state index contributed by atoms with van der Waals surface area (Å²) in [6.45, 7) is 10.5. The summed E-state index contributed by atoms with van der Waals surface area (Å²) in [4.78, 5) is 28.5. The van der Waals surface area contributed by atoms with Gasteiger partial charge in [-0.1, -0.05) is 45.9 Å². The summed E-state index contributed by atoms with van der Waals surface area (Å²) in [5.41, 5.74) is 4.98. The zero-order valence-corrected chi connectivity index (χ0v) is 21.6. The first-order valence-corrected chi connectivity index (χ1v) is 13.4. The van der Waals surface area contributed by atoms with Crippen molar-refractivity contribution >= 4 is 40.5 Å². The molecule has 0 saturated heterocycles. The summed E-state index contributed by atoms with van der Waals surface area (Å²) in [5.74, 6) is 0.590. The molecule has 0 spiro atoms. The monoisotopic (exact) mass is 480 g/mol. The molecule has 2 N–H and O–H groups in total. The molecular formula is C27H32N2O2S2. The third-order valence-electron chi connectivity index (χ3n) is 6.23. The van der Waals surface area contributed by atoms with Crippen LogP contribution >= 0.6 is 23.1 Å². The van der Waals surface area contributed by atoms with Gasteiger partial charge >= 0.3 is 0 Å². The molecule has 1 aromatic carbocycles. The molecule has 4 nitrogen and oxygen atoms in total. The molecule has 4 rings (SSSR count). The lowest BCUT2D eigenvalue weighted by molar-refractivity contribution is -0.118. The minimum absolute atomic E-state index is 0.0955. The number of carbonyl (C=O) groups excluding carboxylic acids is 2. The average molecular weight is 481 g/mol. The number of rotatable bonds is 6. The largest absolute Gasteiger partial charge is 0.362 e. The Hall–Kier alpha value is -2.31. The summed E-state index contributed by atoms with van der Waals surface area (Å²) >= 11 is 3.59. The first-order chi connectivity index (χ1) is 15.7. The van der Waals surface area contributed by atoms with Gasteiger partial charge in [0.05, 0.1) is 4.21 Å². The Morgan fingerprint density at radius 1 is 1.21 bits per heavy atom. The summed E-state index contributed by atoms with van der Waals surface area (Å²) in [5, 5.41) is 6.53.